The van der Waals surface area contributed by atoms with Crippen LogP contribution in [-0.4, -0.2) is 15.4 Å². The highest BCUT2D eigenvalue weighted by Crippen LogP contribution is 2.22. The minimum atomic E-state index is -0.872. The van der Waals surface area contributed by atoms with E-state index < -0.39 is 15.7 Å². The molecular weight excluding hydrogens is 300 g/mol. The van der Waals surface area contributed by atoms with Gasteiger partial charge < -0.3 is 5.32 Å². The van der Waals surface area contributed by atoms with Crippen LogP contribution in [0.15, 0.2) is 48.5 Å². The highest BCUT2D eigenvalue weighted by molar-refractivity contribution is 7.83. The number of nitro benzene ring substituents is 1. The molecular formula is C16H18N2O3S. The van der Waals surface area contributed by atoms with Crippen LogP contribution in [0, 0.1) is 10.1 Å². The number of anilines is 1. The van der Waals surface area contributed by atoms with Crippen molar-refractivity contribution in [1.29, 1.82) is 0 Å². The predicted octanol–water partition coefficient (Wildman–Crippen LogP) is 3.65. The van der Waals surface area contributed by atoms with E-state index in [1.165, 1.54) is 12.1 Å². The average molecular weight is 318 g/mol. The fourth-order valence-corrected chi connectivity index (χ4v) is 2.85. The van der Waals surface area contributed by atoms with Crippen LogP contribution in [0.4, 0.5) is 11.4 Å². The van der Waals surface area contributed by atoms with Gasteiger partial charge in [0.05, 0.1) is 4.92 Å². The summed E-state index contributed by atoms with van der Waals surface area (Å²) in [5, 5.41) is 14.0. The lowest BCUT2D eigenvalue weighted by molar-refractivity contribution is -0.384. The lowest BCUT2D eigenvalue weighted by Crippen LogP contribution is -2.07. The monoisotopic (exact) mass is 318 g/mol. The Morgan fingerprint density at radius 3 is 2.50 bits per heavy atom. The molecule has 2 atom stereocenters. The maximum atomic E-state index is 11.3. The Balaban J connectivity index is 2.09. The van der Waals surface area contributed by atoms with Gasteiger partial charge in [0.15, 0.2) is 0 Å². The fraction of sp³-hybridized carbons (Fsp3) is 0.250. The highest BCUT2D eigenvalue weighted by Gasteiger charge is 2.09. The van der Waals surface area contributed by atoms with E-state index in [9.17, 15) is 14.3 Å². The second kappa shape index (κ2) is 7.17. The van der Waals surface area contributed by atoms with E-state index in [1.807, 2.05) is 31.2 Å². The predicted molar refractivity (Wildman–Crippen MR) is 89.3 cm³/mol. The van der Waals surface area contributed by atoms with E-state index in [4.69, 9.17) is 0 Å². The quantitative estimate of drug-likeness (QED) is 0.652. The van der Waals surface area contributed by atoms with E-state index in [0.29, 0.717) is 5.75 Å². The Kier molecular flexibility index (Phi) is 5.27. The molecule has 116 valence electrons. The fourth-order valence-electron chi connectivity index (χ4n) is 2.20. The Labute approximate surface area is 132 Å². The van der Waals surface area contributed by atoms with Crippen molar-refractivity contribution in [3.8, 4) is 0 Å². The minimum Gasteiger partial charge on any atom is -0.379 e. The first-order valence-corrected chi connectivity index (χ1v) is 8.58. The molecule has 2 aromatic rings. The van der Waals surface area contributed by atoms with Gasteiger partial charge in [-0.25, -0.2) is 0 Å². The first-order chi connectivity index (χ1) is 10.5. The topological polar surface area (TPSA) is 72.2 Å². The van der Waals surface area contributed by atoms with Crippen molar-refractivity contribution in [2.45, 2.75) is 18.7 Å². The molecule has 22 heavy (non-hydrogen) atoms. The van der Waals surface area contributed by atoms with Crippen molar-refractivity contribution in [3.05, 3.63) is 69.8 Å². The summed E-state index contributed by atoms with van der Waals surface area (Å²) in [5.74, 6) is 0.529. The van der Waals surface area contributed by atoms with E-state index in [1.54, 1.807) is 18.4 Å². The molecule has 2 unspecified atom stereocenters. The molecule has 6 heteroatoms. The number of benzene rings is 2. The number of hydrogen-bond donors (Lipinski definition) is 1. The summed E-state index contributed by atoms with van der Waals surface area (Å²) in [4.78, 5) is 10.3. The summed E-state index contributed by atoms with van der Waals surface area (Å²) in [6.45, 7) is 1.99. The third-order valence-corrected chi connectivity index (χ3v) is 4.02. The standard InChI is InChI=1S/C16H18N2O3S/c1-12(14-6-8-16(9-7-14)18(19)20)17-15-5-3-4-13(10-15)11-22(2)21/h3-10,12,17H,11H2,1-2H3. The van der Waals surface area contributed by atoms with Gasteiger partial charge in [0.25, 0.3) is 5.69 Å². The molecule has 0 fully saturated rings. The zero-order valence-corrected chi connectivity index (χ0v) is 13.3. The van der Waals surface area contributed by atoms with Crippen molar-refractivity contribution < 1.29 is 9.13 Å². The van der Waals surface area contributed by atoms with E-state index in [-0.39, 0.29) is 11.7 Å². The second-order valence-corrected chi connectivity index (χ2v) is 6.57. The van der Waals surface area contributed by atoms with Gasteiger partial charge in [-0.05, 0) is 30.2 Å². The number of nitro groups is 1. The highest BCUT2D eigenvalue weighted by atomic mass is 32.2. The lowest BCUT2D eigenvalue weighted by atomic mass is 10.1. The van der Waals surface area contributed by atoms with Crippen molar-refractivity contribution in [1.82, 2.24) is 0 Å². The first kappa shape index (κ1) is 16.2. The van der Waals surface area contributed by atoms with Crippen molar-refractivity contribution in [2.75, 3.05) is 11.6 Å². The molecule has 0 radical (unpaired) electrons. The van der Waals surface area contributed by atoms with E-state index >= 15 is 0 Å². The maximum Gasteiger partial charge on any atom is 0.269 e. The van der Waals surface area contributed by atoms with Crippen LogP contribution in [0.3, 0.4) is 0 Å². The summed E-state index contributed by atoms with van der Waals surface area (Å²) < 4.78 is 11.3. The van der Waals surface area contributed by atoms with Gasteiger partial charge in [0.2, 0.25) is 0 Å². The van der Waals surface area contributed by atoms with Gasteiger partial charge in [-0.15, -0.1) is 0 Å². The number of hydrogen-bond acceptors (Lipinski definition) is 4. The Morgan fingerprint density at radius 2 is 1.91 bits per heavy atom. The van der Waals surface area contributed by atoms with Gasteiger partial charge in [0, 0.05) is 46.7 Å². The first-order valence-electron chi connectivity index (χ1n) is 6.85. The molecule has 0 bridgehead atoms. The summed E-state index contributed by atoms with van der Waals surface area (Å²) in [6, 6.07) is 14.3. The molecule has 0 aromatic heterocycles. The van der Waals surface area contributed by atoms with Crippen LogP contribution in [0.5, 0.6) is 0 Å². The smallest absolute Gasteiger partial charge is 0.269 e. The average Bonchev–Trinajstić information content (AvgIpc) is 2.47. The Hall–Kier alpha value is -2.21. The zero-order chi connectivity index (χ0) is 16.1. The van der Waals surface area contributed by atoms with Gasteiger partial charge in [-0.1, -0.05) is 24.3 Å². The molecule has 0 amide bonds. The summed E-state index contributed by atoms with van der Waals surface area (Å²) >= 11 is 0. The Bertz CT molecular complexity index is 686. The van der Waals surface area contributed by atoms with Crippen molar-refractivity contribution >= 4 is 22.2 Å². The second-order valence-electron chi connectivity index (χ2n) is 5.13. The normalized spacial score (nSPS) is 13.4. The van der Waals surface area contributed by atoms with Crippen LogP contribution < -0.4 is 5.32 Å². The molecule has 0 aliphatic carbocycles. The molecule has 0 heterocycles. The van der Waals surface area contributed by atoms with Gasteiger partial charge in [0.1, 0.15) is 0 Å². The van der Waals surface area contributed by atoms with Crippen LogP contribution in [0.25, 0.3) is 0 Å². The molecule has 1 N–H and O–H groups in total. The van der Waals surface area contributed by atoms with E-state index in [2.05, 4.69) is 5.32 Å². The number of nitrogens with one attached hydrogen (secondary N) is 1. The third kappa shape index (κ3) is 4.39. The van der Waals surface area contributed by atoms with Crippen LogP contribution >= 0.6 is 0 Å². The summed E-state index contributed by atoms with van der Waals surface area (Å²) in [5.41, 5.74) is 3.01. The minimum absolute atomic E-state index is 0.0168. The molecule has 0 saturated carbocycles. The van der Waals surface area contributed by atoms with Gasteiger partial charge in [-0.2, -0.15) is 0 Å². The summed E-state index contributed by atoms with van der Waals surface area (Å²) in [6.07, 6.45) is 1.68. The molecule has 0 aliphatic heterocycles. The molecule has 5 nitrogen and oxygen atoms in total. The maximum absolute atomic E-state index is 11.3. The van der Waals surface area contributed by atoms with Gasteiger partial charge in [-0.3, -0.25) is 14.3 Å². The SMILES string of the molecule is CC(Nc1cccc(CS(C)=O)c1)c1ccc([N+](=O)[O-])cc1. The van der Waals surface area contributed by atoms with Gasteiger partial charge >= 0.3 is 0 Å². The van der Waals surface area contributed by atoms with Crippen LogP contribution in [-0.2, 0) is 16.6 Å². The molecule has 2 aromatic carbocycles. The third-order valence-electron chi connectivity index (χ3n) is 3.28. The molecule has 0 saturated heterocycles. The van der Waals surface area contributed by atoms with E-state index in [0.717, 1.165) is 16.8 Å². The largest absolute Gasteiger partial charge is 0.379 e. The number of non-ortho nitro benzene ring substituents is 1. The molecule has 0 spiro atoms. The van der Waals surface area contributed by atoms with Crippen LogP contribution in [0.2, 0.25) is 0 Å². The number of rotatable bonds is 6. The van der Waals surface area contributed by atoms with Crippen molar-refractivity contribution in [3.63, 3.8) is 0 Å². The molecule has 0 aliphatic rings. The number of nitrogens with zero attached hydrogens (tertiary/aromatic N) is 1. The summed E-state index contributed by atoms with van der Waals surface area (Å²) in [7, 11) is -0.872. The lowest BCUT2D eigenvalue weighted by Gasteiger charge is -2.16. The van der Waals surface area contributed by atoms with Crippen molar-refractivity contribution in [2.24, 2.45) is 0 Å². The Morgan fingerprint density at radius 1 is 1.23 bits per heavy atom. The van der Waals surface area contributed by atoms with Crippen LogP contribution in [0.1, 0.15) is 24.1 Å². The molecule has 2 rings (SSSR count). The zero-order valence-electron chi connectivity index (χ0n) is 12.5.